The maximum atomic E-state index is 13.0. The molecule has 0 aliphatic rings. The number of primary sulfonamides is 1. The van der Waals surface area contributed by atoms with E-state index in [0.717, 1.165) is 6.07 Å². The van der Waals surface area contributed by atoms with Gasteiger partial charge in [0, 0.05) is 11.4 Å². The van der Waals surface area contributed by atoms with E-state index < -0.39 is 26.7 Å². The molecule has 0 aliphatic heterocycles. The molecule has 9 heteroatoms. The van der Waals surface area contributed by atoms with E-state index in [1.807, 2.05) is 6.07 Å². The molecular formula is C13H10F3N3O2S. The Morgan fingerprint density at radius 2 is 1.91 bits per heavy atom. The second-order valence-corrected chi connectivity index (χ2v) is 6.02. The average molecular weight is 329 g/mol. The number of nitrogens with one attached hydrogen (secondary N) is 1. The monoisotopic (exact) mass is 329 g/mol. The van der Waals surface area contributed by atoms with E-state index in [1.54, 1.807) is 6.07 Å². The molecule has 0 atom stereocenters. The van der Waals surface area contributed by atoms with Gasteiger partial charge >= 0.3 is 6.18 Å². The fourth-order valence-corrected chi connectivity index (χ4v) is 2.70. The van der Waals surface area contributed by atoms with Crippen LogP contribution < -0.4 is 5.14 Å². The number of nitriles is 1. The van der Waals surface area contributed by atoms with Crippen LogP contribution in [0.25, 0.3) is 11.3 Å². The maximum Gasteiger partial charge on any atom is 0.417 e. The fraction of sp³-hybridized carbons (Fsp3) is 0.154. The first kappa shape index (κ1) is 16.1. The van der Waals surface area contributed by atoms with Gasteiger partial charge in [0.1, 0.15) is 0 Å². The smallest absolute Gasteiger partial charge is 0.358 e. The molecule has 0 spiro atoms. The van der Waals surface area contributed by atoms with Gasteiger partial charge in [-0.2, -0.15) is 18.4 Å². The van der Waals surface area contributed by atoms with Crippen molar-refractivity contribution < 1.29 is 21.6 Å². The molecule has 0 unspecified atom stereocenters. The predicted molar refractivity (Wildman–Crippen MR) is 71.9 cm³/mol. The normalized spacial score (nSPS) is 12.1. The van der Waals surface area contributed by atoms with Gasteiger partial charge in [0.05, 0.1) is 22.9 Å². The third-order valence-corrected chi connectivity index (χ3v) is 3.89. The van der Waals surface area contributed by atoms with E-state index in [4.69, 9.17) is 10.4 Å². The van der Waals surface area contributed by atoms with Crippen molar-refractivity contribution >= 4 is 10.0 Å². The molecule has 116 valence electrons. The Morgan fingerprint density at radius 1 is 1.23 bits per heavy atom. The van der Waals surface area contributed by atoms with Crippen LogP contribution >= 0.6 is 0 Å². The number of alkyl halides is 3. The minimum absolute atomic E-state index is 0.0847. The highest BCUT2D eigenvalue weighted by Crippen LogP contribution is 2.36. The summed E-state index contributed by atoms with van der Waals surface area (Å²) in [7, 11) is -4.49. The van der Waals surface area contributed by atoms with Crippen molar-refractivity contribution in [3.05, 3.63) is 41.6 Å². The summed E-state index contributed by atoms with van der Waals surface area (Å²) in [5, 5.41) is 13.4. The van der Waals surface area contributed by atoms with Crippen molar-refractivity contribution in [2.75, 3.05) is 0 Å². The Morgan fingerprint density at radius 3 is 2.45 bits per heavy atom. The Balaban J connectivity index is 2.58. The van der Waals surface area contributed by atoms with Gasteiger partial charge in [-0.15, -0.1) is 0 Å². The van der Waals surface area contributed by atoms with Crippen LogP contribution in [-0.4, -0.2) is 13.4 Å². The topological polar surface area (TPSA) is 99.7 Å². The van der Waals surface area contributed by atoms with Gasteiger partial charge in [-0.05, 0) is 29.8 Å². The molecule has 0 saturated carbocycles. The van der Waals surface area contributed by atoms with E-state index in [1.165, 1.54) is 12.1 Å². The average Bonchev–Trinajstić information content (AvgIpc) is 2.85. The van der Waals surface area contributed by atoms with E-state index in [-0.39, 0.29) is 12.0 Å². The number of aromatic amines is 1. The van der Waals surface area contributed by atoms with Gasteiger partial charge in [-0.3, -0.25) is 0 Å². The van der Waals surface area contributed by atoms with Crippen molar-refractivity contribution in [2.24, 2.45) is 5.14 Å². The van der Waals surface area contributed by atoms with Crippen LogP contribution in [0.1, 0.15) is 11.3 Å². The van der Waals surface area contributed by atoms with Crippen molar-refractivity contribution in [3.63, 3.8) is 0 Å². The standard InChI is InChI=1S/C13H10F3N3O2S/c14-13(15,16)10-7-8(1-4-12(10)22(18,20)21)11-3-2-9(19-11)5-6-17/h1-4,7,19H,5H2,(H2,18,20,21). The third-order valence-electron chi connectivity index (χ3n) is 2.92. The number of hydrogen-bond donors (Lipinski definition) is 2. The second-order valence-electron chi connectivity index (χ2n) is 4.49. The SMILES string of the molecule is N#CCc1ccc(-c2ccc(S(N)(=O)=O)c(C(F)(F)F)c2)[nH]1. The molecule has 0 amide bonds. The van der Waals surface area contributed by atoms with E-state index >= 15 is 0 Å². The van der Waals surface area contributed by atoms with Gasteiger partial charge in [0.2, 0.25) is 10.0 Å². The van der Waals surface area contributed by atoms with E-state index in [9.17, 15) is 21.6 Å². The van der Waals surface area contributed by atoms with Crippen molar-refractivity contribution in [2.45, 2.75) is 17.5 Å². The Labute approximate surface area is 124 Å². The molecule has 0 aliphatic carbocycles. The molecule has 2 aromatic rings. The number of halogens is 3. The number of sulfonamides is 1. The third kappa shape index (κ3) is 3.29. The van der Waals surface area contributed by atoms with Crippen LogP contribution in [0.3, 0.4) is 0 Å². The summed E-state index contributed by atoms with van der Waals surface area (Å²) in [6.07, 6.45) is -4.78. The Hall–Kier alpha value is -2.31. The van der Waals surface area contributed by atoms with Crippen LogP contribution in [-0.2, 0) is 22.6 Å². The number of nitrogens with two attached hydrogens (primary N) is 1. The zero-order valence-electron chi connectivity index (χ0n) is 11.0. The lowest BCUT2D eigenvalue weighted by atomic mass is 10.1. The molecule has 5 nitrogen and oxygen atoms in total. The molecular weight excluding hydrogens is 319 g/mol. The zero-order valence-corrected chi connectivity index (χ0v) is 11.8. The summed E-state index contributed by atoms with van der Waals surface area (Å²) in [4.78, 5) is 1.82. The number of benzene rings is 1. The fourth-order valence-electron chi connectivity index (χ4n) is 1.96. The minimum atomic E-state index is -4.86. The van der Waals surface area contributed by atoms with Gasteiger partial charge < -0.3 is 4.98 Å². The Kier molecular flexibility index (Phi) is 4.00. The highest BCUT2D eigenvalue weighted by atomic mass is 32.2. The molecule has 22 heavy (non-hydrogen) atoms. The molecule has 2 rings (SSSR count). The predicted octanol–water partition coefficient (Wildman–Crippen LogP) is 2.41. The van der Waals surface area contributed by atoms with Crippen LogP contribution in [0, 0.1) is 11.3 Å². The Bertz CT molecular complexity index is 848. The van der Waals surface area contributed by atoms with Crippen LogP contribution in [0.15, 0.2) is 35.2 Å². The first-order valence-corrected chi connectivity index (χ1v) is 7.47. The molecule has 3 N–H and O–H groups in total. The number of rotatable bonds is 3. The van der Waals surface area contributed by atoms with Crippen LogP contribution in [0.5, 0.6) is 0 Å². The molecule has 0 fully saturated rings. The van der Waals surface area contributed by atoms with E-state index in [0.29, 0.717) is 17.5 Å². The molecule has 0 saturated heterocycles. The van der Waals surface area contributed by atoms with Gasteiger partial charge in [-0.25, -0.2) is 13.6 Å². The van der Waals surface area contributed by atoms with Crippen LogP contribution in [0.4, 0.5) is 13.2 Å². The summed E-state index contributed by atoms with van der Waals surface area (Å²) >= 11 is 0. The van der Waals surface area contributed by atoms with Crippen LogP contribution in [0.2, 0.25) is 0 Å². The summed E-state index contributed by atoms with van der Waals surface area (Å²) in [6, 6.07) is 7.73. The number of H-pyrrole nitrogens is 1. The lowest BCUT2D eigenvalue weighted by Crippen LogP contribution is -2.19. The second kappa shape index (κ2) is 5.47. The number of aromatic nitrogens is 1. The molecule has 0 bridgehead atoms. The summed E-state index contributed by atoms with van der Waals surface area (Å²) in [5.74, 6) is 0. The maximum absolute atomic E-state index is 13.0. The largest absolute Gasteiger partial charge is 0.417 e. The lowest BCUT2D eigenvalue weighted by molar-refractivity contribution is -0.139. The quantitative estimate of drug-likeness (QED) is 0.904. The van der Waals surface area contributed by atoms with Crippen molar-refractivity contribution in [3.8, 4) is 17.3 Å². The summed E-state index contributed by atoms with van der Waals surface area (Å²) in [5.41, 5.74) is -0.300. The van der Waals surface area contributed by atoms with Gasteiger partial charge in [-0.1, -0.05) is 6.07 Å². The van der Waals surface area contributed by atoms with E-state index in [2.05, 4.69) is 4.98 Å². The first-order valence-electron chi connectivity index (χ1n) is 5.92. The van der Waals surface area contributed by atoms with Gasteiger partial charge in [0.25, 0.3) is 0 Å². The van der Waals surface area contributed by atoms with Crippen molar-refractivity contribution in [1.29, 1.82) is 5.26 Å². The molecule has 0 radical (unpaired) electrons. The first-order chi connectivity index (χ1) is 10.1. The summed E-state index contributed by atoms with van der Waals surface area (Å²) in [6.45, 7) is 0. The number of nitrogens with zero attached hydrogens (tertiary/aromatic N) is 1. The highest BCUT2D eigenvalue weighted by Gasteiger charge is 2.36. The highest BCUT2D eigenvalue weighted by molar-refractivity contribution is 7.89. The lowest BCUT2D eigenvalue weighted by Gasteiger charge is -2.12. The van der Waals surface area contributed by atoms with Crippen molar-refractivity contribution in [1.82, 2.24) is 4.98 Å². The summed E-state index contributed by atoms with van der Waals surface area (Å²) < 4.78 is 61.6. The zero-order chi connectivity index (χ0) is 16.5. The molecule has 1 aromatic carbocycles. The molecule has 1 heterocycles. The number of hydrogen-bond acceptors (Lipinski definition) is 3. The molecule has 1 aromatic heterocycles. The minimum Gasteiger partial charge on any atom is -0.358 e. The van der Waals surface area contributed by atoms with Gasteiger partial charge in [0.15, 0.2) is 0 Å².